The molecule has 2 rings (SSSR count). The number of benzene rings is 1. The van der Waals surface area contributed by atoms with E-state index in [-0.39, 0.29) is 0 Å². The van der Waals surface area contributed by atoms with E-state index in [1.54, 1.807) is 25.2 Å². The summed E-state index contributed by atoms with van der Waals surface area (Å²) in [6.07, 6.45) is 0. The second kappa shape index (κ2) is 4.34. The highest BCUT2D eigenvalue weighted by atomic mass is 32.1. The van der Waals surface area contributed by atoms with Crippen LogP contribution in [0.25, 0.3) is 11.1 Å². The van der Waals surface area contributed by atoms with Crippen molar-refractivity contribution in [2.45, 2.75) is 19.3 Å². The molecule has 0 unspecified atom stereocenters. The van der Waals surface area contributed by atoms with Crippen LogP contribution in [0.3, 0.4) is 0 Å². The van der Waals surface area contributed by atoms with Gasteiger partial charge in [-0.3, -0.25) is 4.79 Å². The van der Waals surface area contributed by atoms with Gasteiger partial charge in [0.05, 0.1) is 5.41 Å². The maximum atomic E-state index is 11.1. The predicted molar refractivity (Wildman–Crippen MR) is 70.4 cm³/mol. The Hall–Kier alpha value is -1.61. The maximum Gasteiger partial charge on any atom is 0.313 e. The van der Waals surface area contributed by atoms with Crippen LogP contribution in [0.15, 0.2) is 41.1 Å². The Balaban J connectivity index is 2.34. The van der Waals surface area contributed by atoms with Gasteiger partial charge in [-0.25, -0.2) is 0 Å². The van der Waals surface area contributed by atoms with Crippen molar-refractivity contribution in [3.05, 3.63) is 46.7 Å². The fourth-order valence-corrected chi connectivity index (χ4v) is 2.30. The molecule has 0 aliphatic carbocycles. The average molecular weight is 246 g/mol. The fourth-order valence-electron chi connectivity index (χ4n) is 1.63. The van der Waals surface area contributed by atoms with E-state index in [1.165, 1.54) is 5.56 Å². The first-order valence-corrected chi connectivity index (χ1v) is 6.32. The van der Waals surface area contributed by atoms with Gasteiger partial charge in [-0.15, -0.1) is 0 Å². The van der Waals surface area contributed by atoms with Crippen molar-refractivity contribution >= 4 is 17.3 Å². The number of carboxylic acids is 1. The lowest BCUT2D eigenvalue weighted by Gasteiger charge is -2.19. The largest absolute Gasteiger partial charge is 0.481 e. The number of carbonyl (C=O) groups is 1. The molecular formula is C14H14O2S. The highest BCUT2D eigenvalue weighted by molar-refractivity contribution is 7.08. The number of hydrogen-bond donors (Lipinski definition) is 1. The standard InChI is InChI=1S/C14H14O2S/c1-14(2,13(15)16)12-5-3-10(4-6-12)11-7-8-17-9-11/h3-9H,1-2H3,(H,15,16). The summed E-state index contributed by atoms with van der Waals surface area (Å²) in [5.41, 5.74) is 2.28. The Labute approximate surface area is 105 Å². The summed E-state index contributed by atoms with van der Waals surface area (Å²) in [4.78, 5) is 11.1. The van der Waals surface area contributed by atoms with Gasteiger partial charge in [-0.05, 0) is 47.4 Å². The zero-order chi connectivity index (χ0) is 12.5. The molecule has 1 aromatic heterocycles. The molecule has 3 heteroatoms. The van der Waals surface area contributed by atoms with Gasteiger partial charge < -0.3 is 5.11 Å². The Morgan fingerprint density at radius 2 is 1.76 bits per heavy atom. The van der Waals surface area contributed by atoms with Crippen LogP contribution < -0.4 is 0 Å². The molecule has 0 fully saturated rings. The van der Waals surface area contributed by atoms with Crippen LogP contribution in [-0.4, -0.2) is 11.1 Å². The molecule has 0 saturated carbocycles. The maximum absolute atomic E-state index is 11.1. The molecule has 88 valence electrons. The van der Waals surface area contributed by atoms with Crippen LogP contribution in [0.2, 0.25) is 0 Å². The first kappa shape index (κ1) is 11.9. The minimum Gasteiger partial charge on any atom is -0.481 e. The van der Waals surface area contributed by atoms with Crippen molar-refractivity contribution in [2.24, 2.45) is 0 Å². The highest BCUT2D eigenvalue weighted by Gasteiger charge is 2.29. The van der Waals surface area contributed by atoms with Crippen molar-refractivity contribution in [1.29, 1.82) is 0 Å². The highest BCUT2D eigenvalue weighted by Crippen LogP contribution is 2.27. The smallest absolute Gasteiger partial charge is 0.313 e. The molecule has 1 aromatic carbocycles. The molecule has 1 heterocycles. The summed E-state index contributed by atoms with van der Waals surface area (Å²) in [5, 5.41) is 13.3. The summed E-state index contributed by atoms with van der Waals surface area (Å²) in [6.45, 7) is 3.43. The van der Waals surface area contributed by atoms with Gasteiger partial charge in [0, 0.05) is 0 Å². The van der Waals surface area contributed by atoms with Crippen LogP contribution in [0.5, 0.6) is 0 Å². The fraction of sp³-hybridized carbons (Fsp3) is 0.214. The minimum atomic E-state index is -0.840. The second-order valence-corrected chi connectivity index (χ2v) is 5.30. The van der Waals surface area contributed by atoms with E-state index < -0.39 is 11.4 Å². The number of thiophene rings is 1. The molecule has 2 aromatic rings. The number of aliphatic carboxylic acids is 1. The lowest BCUT2D eigenvalue weighted by atomic mass is 9.84. The van der Waals surface area contributed by atoms with E-state index in [4.69, 9.17) is 5.11 Å². The number of rotatable bonds is 3. The zero-order valence-corrected chi connectivity index (χ0v) is 10.6. The number of carboxylic acid groups (broad SMARTS) is 1. The summed E-state index contributed by atoms with van der Waals surface area (Å²) in [7, 11) is 0. The summed E-state index contributed by atoms with van der Waals surface area (Å²) >= 11 is 1.65. The molecule has 0 bridgehead atoms. The predicted octanol–water partition coefficient (Wildman–Crippen LogP) is 3.78. The van der Waals surface area contributed by atoms with Crippen molar-refractivity contribution in [2.75, 3.05) is 0 Å². The van der Waals surface area contributed by atoms with Crippen molar-refractivity contribution in [1.82, 2.24) is 0 Å². The third-order valence-electron chi connectivity index (χ3n) is 3.00. The average Bonchev–Trinajstić information content (AvgIpc) is 2.82. The summed E-state index contributed by atoms with van der Waals surface area (Å²) in [6, 6.07) is 9.79. The van der Waals surface area contributed by atoms with Crippen LogP contribution in [0.1, 0.15) is 19.4 Å². The monoisotopic (exact) mass is 246 g/mol. The Bertz CT molecular complexity index is 510. The van der Waals surface area contributed by atoms with Gasteiger partial charge in [0.2, 0.25) is 0 Å². The van der Waals surface area contributed by atoms with Crippen LogP contribution in [0, 0.1) is 0 Å². The van der Waals surface area contributed by atoms with E-state index in [1.807, 2.05) is 29.6 Å². The van der Waals surface area contributed by atoms with E-state index in [9.17, 15) is 4.79 Å². The molecule has 0 saturated heterocycles. The lowest BCUT2D eigenvalue weighted by Crippen LogP contribution is -2.28. The van der Waals surface area contributed by atoms with Crippen molar-refractivity contribution < 1.29 is 9.90 Å². The summed E-state index contributed by atoms with van der Waals surface area (Å²) < 4.78 is 0. The van der Waals surface area contributed by atoms with Crippen molar-refractivity contribution in [3.63, 3.8) is 0 Å². The minimum absolute atomic E-state index is 0.805. The van der Waals surface area contributed by atoms with Gasteiger partial charge in [-0.2, -0.15) is 11.3 Å². The van der Waals surface area contributed by atoms with Gasteiger partial charge >= 0.3 is 5.97 Å². The SMILES string of the molecule is CC(C)(C(=O)O)c1ccc(-c2ccsc2)cc1. The van der Waals surface area contributed by atoms with Crippen LogP contribution >= 0.6 is 11.3 Å². The van der Waals surface area contributed by atoms with Gasteiger partial charge in [0.1, 0.15) is 0 Å². The first-order valence-electron chi connectivity index (χ1n) is 5.38. The first-order chi connectivity index (χ1) is 8.01. The molecule has 1 N–H and O–H groups in total. The van der Waals surface area contributed by atoms with E-state index in [0.29, 0.717) is 0 Å². The molecule has 0 amide bonds. The third kappa shape index (κ3) is 2.24. The molecule has 0 aliphatic rings. The van der Waals surface area contributed by atoms with E-state index in [0.717, 1.165) is 11.1 Å². The molecular weight excluding hydrogens is 232 g/mol. The zero-order valence-electron chi connectivity index (χ0n) is 9.81. The Morgan fingerprint density at radius 1 is 1.12 bits per heavy atom. The van der Waals surface area contributed by atoms with E-state index in [2.05, 4.69) is 11.4 Å². The molecule has 0 spiro atoms. The van der Waals surface area contributed by atoms with Crippen molar-refractivity contribution in [3.8, 4) is 11.1 Å². The van der Waals surface area contributed by atoms with E-state index >= 15 is 0 Å². The van der Waals surface area contributed by atoms with Gasteiger partial charge in [-0.1, -0.05) is 24.3 Å². The van der Waals surface area contributed by atoms with Gasteiger partial charge in [0.15, 0.2) is 0 Å². The van der Waals surface area contributed by atoms with Crippen LogP contribution in [-0.2, 0) is 10.2 Å². The normalized spacial score (nSPS) is 11.4. The lowest BCUT2D eigenvalue weighted by molar-refractivity contribution is -0.142. The molecule has 17 heavy (non-hydrogen) atoms. The topological polar surface area (TPSA) is 37.3 Å². The number of hydrogen-bond acceptors (Lipinski definition) is 2. The molecule has 0 atom stereocenters. The summed E-state index contributed by atoms with van der Waals surface area (Å²) in [5.74, 6) is -0.805. The Morgan fingerprint density at radius 3 is 2.24 bits per heavy atom. The van der Waals surface area contributed by atoms with Gasteiger partial charge in [0.25, 0.3) is 0 Å². The molecule has 2 nitrogen and oxygen atoms in total. The Kier molecular flexibility index (Phi) is 3.03. The van der Waals surface area contributed by atoms with Crippen LogP contribution in [0.4, 0.5) is 0 Å². The third-order valence-corrected chi connectivity index (χ3v) is 3.68. The molecule has 0 aliphatic heterocycles. The molecule has 0 radical (unpaired) electrons. The second-order valence-electron chi connectivity index (χ2n) is 4.52. The quantitative estimate of drug-likeness (QED) is 0.895.